The van der Waals surface area contributed by atoms with Crippen molar-refractivity contribution in [3.05, 3.63) is 72.1 Å². The number of methoxy groups -OCH3 is 2. The topological polar surface area (TPSA) is 43.6 Å². The second-order valence-electron chi connectivity index (χ2n) is 5.58. The van der Waals surface area contributed by atoms with Gasteiger partial charge in [0, 0.05) is 41.7 Å². The number of rotatable bonds is 6. The van der Waals surface area contributed by atoms with Gasteiger partial charge in [-0.3, -0.25) is 0 Å². The molecule has 3 aromatic rings. The second-order valence-corrected chi connectivity index (χ2v) is 5.58. The molecule has 4 heteroatoms. The van der Waals surface area contributed by atoms with E-state index in [0.717, 1.165) is 34.7 Å². The third-order valence-corrected chi connectivity index (χ3v) is 4.04. The molecule has 0 aliphatic rings. The Morgan fingerprint density at radius 3 is 2.38 bits per heavy atom. The van der Waals surface area contributed by atoms with Crippen molar-refractivity contribution in [2.24, 2.45) is 0 Å². The average molecular weight is 323 g/mol. The van der Waals surface area contributed by atoms with E-state index < -0.39 is 0 Å². The van der Waals surface area contributed by atoms with Gasteiger partial charge in [0.2, 0.25) is 0 Å². The Hall–Kier alpha value is -2.72. The van der Waals surface area contributed by atoms with Gasteiger partial charge in [-0.2, -0.15) is 0 Å². The zero-order chi connectivity index (χ0) is 16.9. The molecule has 2 aromatic carbocycles. The lowest BCUT2D eigenvalue weighted by Crippen LogP contribution is -1.95. The van der Waals surface area contributed by atoms with Crippen LogP contribution in [0.3, 0.4) is 0 Å². The first-order valence-corrected chi connectivity index (χ1v) is 7.81. The Bertz CT molecular complexity index is 809. The number of ether oxygens (including phenoxy) is 2. The molecule has 0 unspecified atom stereocenters. The number of benzene rings is 2. The molecular formula is C20H21NO3. The molecule has 4 nitrogen and oxygen atoms in total. The van der Waals surface area contributed by atoms with Crippen molar-refractivity contribution >= 4 is 0 Å². The van der Waals surface area contributed by atoms with Gasteiger partial charge in [-0.05, 0) is 17.7 Å². The number of aliphatic hydroxyl groups is 1. The molecule has 0 saturated heterocycles. The van der Waals surface area contributed by atoms with E-state index in [1.54, 1.807) is 14.2 Å². The van der Waals surface area contributed by atoms with Crippen LogP contribution < -0.4 is 9.47 Å². The number of hydrogen-bond acceptors (Lipinski definition) is 3. The van der Waals surface area contributed by atoms with Gasteiger partial charge < -0.3 is 19.1 Å². The Kier molecular flexibility index (Phi) is 4.87. The van der Waals surface area contributed by atoms with Gasteiger partial charge in [0.05, 0.1) is 20.8 Å². The van der Waals surface area contributed by atoms with Crippen LogP contribution in [-0.2, 0) is 13.2 Å². The summed E-state index contributed by atoms with van der Waals surface area (Å²) in [7, 11) is 3.27. The summed E-state index contributed by atoms with van der Waals surface area (Å²) >= 11 is 0. The summed E-state index contributed by atoms with van der Waals surface area (Å²) in [6.45, 7) is 0.735. The molecule has 124 valence electrons. The zero-order valence-corrected chi connectivity index (χ0v) is 13.9. The summed E-state index contributed by atoms with van der Waals surface area (Å²) in [6.07, 6.45) is 4.02. The quantitative estimate of drug-likeness (QED) is 0.752. The van der Waals surface area contributed by atoms with E-state index >= 15 is 0 Å². The lowest BCUT2D eigenvalue weighted by atomic mass is 10.0. The standard InChI is InChI=1S/C20H21NO3/c1-23-17-8-9-18(20(10-17)24-2)19-13-21(12-16(19)14-22)11-15-6-4-3-5-7-15/h3-10,12-13,22H,11,14H2,1-2H3. The maximum atomic E-state index is 9.74. The van der Waals surface area contributed by atoms with Crippen molar-refractivity contribution < 1.29 is 14.6 Å². The van der Waals surface area contributed by atoms with Crippen LogP contribution in [-0.4, -0.2) is 23.9 Å². The SMILES string of the molecule is COc1ccc(-c2cn(Cc3ccccc3)cc2CO)c(OC)c1. The number of aliphatic hydroxyl groups excluding tert-OH is 1. The van der Waals surface area contributed by atoms with Crippen molar-refractivity contribution in [1.82, 2.24) is 4.57 Å². The summed E-state index contributed by atoms with van der Waals surface area (Å²) in [5.74, 6) is 1.46. The zero-order valence-electron chi connectivity index (χ0n) is 13.9. The summed E-state index contributed by atoms with van der Waals surface area (Å²) < 4.78 is 12.8. The van der Waals surface area contributed by atoms with Gasteiger partial charge in [0.15, 0.2) is 0 Å². The molecule has 0 spiro atoms. The highest BCUT2D eigenvalue weighted by atomic mass is 16.5. The molecule has 1 heterocycles. The van der Waals surface area contributed by atoms with Crippen LogP contribution >= 0.6 is 0 Å². The first-order chi connectivity index (χ1) is 11.7. The molecular weight excluding hydrogens is 302 g/mol. The number of aromatic nitrogens is 1. The predicted octanol–water partition coefficient (Wildman–Crippen LogP) is 3.71. The third kappa shape index (κ3) is 3.29. The highest BCUT2D eigenvalue weighted by molar-refractivity contribution is 5.74. The smallest absolute Gasteiger partial charge is 0.130 e. The Balaban J connectivity index is 1.99. The van der Waals surface area contributed by atoms with Crippen molar-refractivity contribution in [2.75, 3.05) is 14.2 Å². The van der Waals surface area contributed by atoms with Crippen molar-refractivity contribution in [3.8, 4) is 22.6 Å². The molecule has 1 aromatic heterocycles. The minimum Gasteiger partial charge on any atom is -0.497 e. The van der Waals surface area contributed by atoms with Gasteiger partial charge in [-0.1, -0.05) is 30.3 Å². The van der Waals surface area contributed by atoms with Crippen LogP contribution in [0, 0.1) is 0 Å². The molecule has 0 radical (unpaired) electrons. The number of nitrogens with zero attached hydrogens (tertiary/aromatic N) is 1. The fraction of sp³-hybridized carbons (Fsp3) is 0.200. The van der Waals surface area contributed by atoms with Crippen LogP contribution in [0.5, 0.6) is 11.5 Å². The summed E-state index contributed by atoms with van der Waals surface area (Å²) in [4.78, 5) is 0. The van der Waals surface area contributed by atoms with E-state index in [1.807, 2.05) is 48.8 Å². The van der Waals surface area contributed by atoms with Gasteiger partial charge in [0.1, 0.15) is 11.5 Å². The van der Waals surface area contributed by atoms with Crippen LogP contribution in [0.2, 0.25) is 0 Å². The molecule has 0 aliphatic heterocycles. The summed E-state index contributed by atoms with van der Waals surface area (Å²) in [6, 6.07) is 15.9. The molecule has 0 bridgehead atoms. The molecule has 0 fully saturated rings. The summed E-state index contributed by atoms with van der Waals surface area (Å²) in [5.41, 5.74) is 3.99. The Morgan fingerprint density at radius 2 is 1.71 bits per heavy atom. The maximum Gasteiger partial charge on any atom is 0.130 e. The van der Waals surface area contributed by atoms with Crippen molar-refractivity contribution in [3.63, 3.8) is 0 Å². The second kappa shape index (κ2) is 7.23. The first-order valence-electron chi connectivity index (χ1n) is 7.81. The van der Waals surface area contributed by atoms with E-state index in [4.69, 9.17) is 9.47 Å². The van der Waals surface area contributed by atoms with E-state index in [-0.39, 0.29) is 6.61 Å². The Morgan fingerprint density at radius 1 is 0.917 bits per heavy atom. The van der Waals surface area contributed by atoms with Crippen LogP contribution in [0.4, 0.5) is 0 Å². The minimum atomic E-state index is -0.0215. The third-order valence-electron chi connectivity index (χ3n) is 4.04. The van der Waals surface area contributed by atoms with Crippen molar-refractivity contribution in [1.29, 1.82) is 0 Å². The van der Waals surface area contributed by atoms with Crippen LogP contribution in [0.15, 0.2) is 60.9 Å². The summed E-state index contributed by atoms with van der Waals surface area (Å²) in [5, 5.41) is 9.74. The highest BCUT2D eigenvalue weighted by Gasteiger charge is 2.14. The molecule has 24 heavy (non-hydrogen) atoms. The van der Waals surface area contributed by atoms with E-state index in [0.29, 0.717) is 0 Å². The maximum absolute atomic E-state index is 9.74. The fourth-order valence-corrected chi connectivity index (χ4v) is 2.83. The fourth-order valence-electron chi connectivity index (χ4n) is 2.83. The van der Waals surface area contributed by atoms with Gasteiger partial charge in [-0.15, -0.1) is 0 Å². The molecule has 0 atom stereocenters. The molecule has 3 rings (SSSR count). The molecule has 1 N–H and O–H groups in total. The van der Waals surface area contributed by atoms with E-state index in [9.17, 15) is 5.11 Å². The average Bonchev–Trinajstić information content (AvgIpc) is 3.04. The van der Waals surface area contributed by atoms with Gasteiger partial charge >= 0.3 is 0 Å². The van der Waals surface area contributed by atoms with Crippen molar-refractivity contribution in [2.45, 2.75) is 13.2 Å². The highest BCUT2D eigenvalue weighted by Crippen LogP contribution is 2.35. The van der Waals surface area contributed by atoms with Crippen LogP contribution in [0.25, 0.3) is 11.1 Å². The predicted molar refractivity (Wildman–Crippen MR) is 94.4 cm³/mol. The molecule has 0 amide bonds. The van der Waals surface area contributed by atoms with Gasteiger partial charge in [0.25, 0.3) is 0 Å². The monoisotopic (exact) mass is 323 g/mol. The lowest BCUT2D eigenvalue weighted by Gasteiger charge is -2.10. The minimum absolute atomic E-state index is 0.0215. The largest absolute Gasteiger partial charge is 0.497 e. The molecule has 0 aliphatic carbocycles. The lowest BCUT2D eigenvalue weighted by molar-refractivity contribution is 0.282. The first kappa shape index (κ1) is 16.1. The van der Waals surface area contributed by atoms with E-state index in [2.05, 4.69) is 16.7 Å². The number of hydrogen-bond donors (Lipinski definition) is 1. The normalized spacial score (nSPS) is 10.6. The van der Waals surface area contributed by atoms with E-state index in [1.165, 1.54) is 5.56 Å². The van der Waals surface area contributed by atoms with Crippen LogP contribution in [0.1, 0.15) is 11.1 Å². The Labute approximate surface area is 141 Å². The molecule has 0 saturated carbocycles. The van der Waals surface area contributed by atoms with Gasteiger partial charge in [-0.25, -0.2) is 0 Å².